The maximum absolute atomic E-state index is 5.50. The van der Waals surface area contributed by atoms with E-state index in [9.17, 15) is 0 Å². The van der Waals surface area contributed by atoms with Crippen molar-refractivity contribution in [1.82, 2.24) is 14.8 Å². The highest BCUT2D eigenvalue weighted by molar-refractivity contribution is 5.34. The van der Waals surface area contributed by atoms with Crippen LogP contribution in [0.2, 0.25) is 0 Å². The summed E-state index contributed by atoms with van der Waals surface area (Å²) in [5, 5.41) is 0. The maximum Gasteiger partial charge on any atom is 0.0480 e. The first-order valence-corrected chi connectivity index (χ1v) is 8.62. The van der Waals surface area contributed by atoms with E-state index < -0.39 is 0 Å². The third-order valence-electron chi connectivity index (χ3n) is 5.27. The summed E-state index contributed by atoms with van der Waals surface area (Å²) in [6.45, 7) is 9.58. The van der Waals surface area contributed by atoms with E-state index in [1.807, 2.05) is 0 Å². The van der Waals surface area contributed by atoms with Crippen molar-refractivity contribution >= 4 is 0 Å². The van der Waals surface area contributed by atoms with Crippen molar-refractivity contribution < 1.29 is 4.74 Å². The summed E-state index contributed by atoms with van der Waals surface area (Å²) < 4.78 is 5.50. The van der Waals surface area contributed by atoms with Crippen molar-refractivity contribution in [2.75, 3.05) is 26.8 Å². The van der Waals surface area contributed by atoms with Crippen molar-refractivity contribution in [2.24, 2.45) is 0 Å². The number of nitrogens with zero attached hydrogens (tertiary/aromatic N) is 3. The maximum atomic E-state index is 5.50. The zero-order valence-corrected chi connectivity index (χ0v) is 14.2. The van der Waals surface area contributed by atoms with E-state index in [1.165, 1.54) is 30.5 Å². The van der Waals surface area contributed by atoms with Gasteiger partial charge in [0.1, 0.15) is 0 Å². The molecule has 4 nitrogen and oxygen atoms in total. The molecule has 0 unspecified atom stereocenters. The lowest BCUT2D eigenvalue weighted by Crippen LogP contribution is -2.42. The number of ether oxygens (including phenoxy) is 1. The van der Waals surface area contributed by atoms with Crippen molar-refractivity contribution in [3.05, 3.63) is 29.1 Å². The second-order valence-corrected chi connectivity index (χ2v) is 7.01. The topological polar surface area (TPSA) is 28.6 Å². The SMILES string of the molecule is CC(C)N(C)Cc1cncc2c1CCN(C1CCOCC1)C2. The number of hydrogen-bond acceptors (Lipinski definition) is 4. The predicted octanol–water partition coefficient (Wildman–Crippen LogP) is 2.46. The van der Waals surface area contributed by atoms with Gasteiger partial charge in [0.2, 0.25) is 0 Å². The van der Waals surface area contributed by atoms with Gasteiger partial charge < -0.3 is 4.74 Å². The highest BCUT2D eigenvalue weighted by Crippen LogP contribution is 2.26. The average molecular weight is 303 g/mol. The summed E-state index contributed by atoms with van der Waals surface area (Å²) in [5.41, 5.74) is 4.40. The molecule has 2 aliphatic rings. The molecule has 122 valence electrons. The molecule has 1 saturated heterocycles. The van der Waals surface area contributed by atoms with E-state index in [0.717, 1.165) is 32.7 Å². The van der Waals surface area contributed by atoms with Gasteiger partial charge in [-0.15, -0.1) is 0 Å². The molecule has 0 saturated carbocycles. The van der Waals surface area contributed by atoms with Crippen LogP contribution in [-0.2, 0) is 24.2 Å². The quantitative estimate of drug-likeness (QED) is 0.854. The van der Waals surface area contributed by atoms with Crippen molar-refractivity contribution in [3.63, 3.8) is 0 Å². The monoisotopic (exact) mass is 303 g/mol. The lowest BCUT2D eigenvalue weighted by Gasteiger charge is -2.38. The van der Waals surface area contributed by atoms with E-state index in [4.69, 9.17) is 4.74 Å². The summed E-state index contributed by atoms with van der Waals surface area (Å²) in [7, 11) is 2.20. The summed E-state index contributed by atoms with van der Waals surface area (Å²) in [6, 6.07) is 1.27. The molecule has 0 N–H and O–H groups in total. The summed E-state index contributed by atoms with van der Waals surface area (Å²) in [5.74, 6) is 0. The molecule has 0 atom stereocenters. The molecule has 1 aromatic rings. The van der Waals surface area contributed by atoms with Gasteiger partial charge in [0.05, 0.1) is 0 Å². The first-order valence-electron chi connectivity index (χ1n) is 8.62. The predicted molar refractivity (Wildman–Crippen MR) is 88.8 cm³/mol. The smallest absolute Gasteiger partial charge is 0.0480 e. The Balaban J connectivity index is 1.72. The second-order valence-electron chi connectivity index (χ2n) is 7.01. The van der Waals surface area contributed by atoms with E-state index in [1.54, 1.807) is 5.56 Å². The number of rotatable bonds is 4. The lowest BCUT2D eigenvalue weighted by atomic mass is 9.94. The molecule has 1 fully saturated rings. The third-order valence-corrected chi connectivity index (χ3v) is 5.27. The van der Waals surface area contributed by atoms with Crippen LogP contribution < -0.4 is 0 Å². The number of hydrogen-bond donors (Lipinski definition) is 0. The zero-order valence-electron chi connectivity index (χ0n) is 14.2. The largest absolute Gasteiger partial charge is 0.381 e. The van der Waals surface area contributed by atoms with Crippen molar-refractivity contribution in [3.8, 4) is 0 Å². The highest BCUT2D eigenvalue weighted by atomic mass is 16.5. The van der Waals surface area contributed by atoms with Crippen LogP contribution in [0.15, 0.2) is 12.4 Å². The average Bonchev–Trinajstić information content (AvgIpc) is 2.55. The van der Waals surface area contributed by atoms with Gasteiger partial charge in [-0.1, -0.05) is 0 Å². The minimum absolute atomic E-state index is 0.568. The minimum Gasteiger partial charge on any atom is -0.381 e. The van der Waals surface area contributed by atoms with Crippen LogP contribution in [0.1, 0.15) is 43.4 Å². The number of aromatic nitrogens is 1. The summed E-state index contributed by atoms with van der Waals surface area (Å²) in [6.07, 6.45) is 7.68. The molecule has 3 heterocycles. The van der Waals surface area contributed by atoms with Gasteiger partial charge in [-0.2, -0.15) is 0 Å². The molecule has 0 aromatic carbocycles. The van der Waals surface area contributed by atoms with E-state index in [2.05, 4.69) is 48.1 Å². The fourth-order valence-corrected chi connectivity index (χ4v) is 3.54. The Morgan fingerprint density at radius 1 is 1.32 bits per heavy atom. The Hall–Kier alpha value is -0.970. The second kappa shape index (κ2) is 7.07. The van der Waals surface area contributed by atoms with Crippen LogP contribution in [0.4, 0.5) is 0 Å². The Kier molecular flexibility index (Phi) is 5.11. The molecule has 3 rings (SSSR count). The van der Waals surface area contributed by atoms with Crippen molar-refractivity contribution in [2.45, 2.75) is 58.3 Å². The third kappa shape index (κ3) is 3.50. The number of pyridine rings is 1. The number of fused-ring (bicyclic) bond motifs is 1. The van der Waals surface area contributed by atoms with Crippen LogP contribution in [0.5, 0.6) is 0 Å². The molecule has 0 amide bonds. The van der Waals surface area contributed by atoms with Gasteiger partial charge in [-0.25, -0.2) is 0 Å². The van der Waals surface area contributed by atoms with Gasteiger partial charge in [0.25, 0.3) is 0 Å². The Morgan fingerprint density at radius 3 is 2.82 bits per heavy atom. The Morgan fingerprint density at radius 2 is 2.09 bits per heavy atom. The van der Waals surface area contributed by atoms with E-state index in [0.29, 0.717) is 12.1 Å². The Bertz CT molecular complexity index is 497. The summed E-state index contributed by atoms with van der Waals surface area (Å²) >= 11 is 0. The zero-order chi connectivity index (χ0) is 15.5. The van der Waals surface area contributed by atoms with Crippen LogP contribution in [0, 0.1) is 0 Å². The van der Waals surface area contributed by atoms with Crippen molar-refractivity contribution in [1.29, 1.82) is 0 Å². The Labute approximate surface area is 134 Å². The first kappa shape index (κ1) is 15.9. The molecule has 4 heteroatoms. The van der Waals surface area contributed by atoms with Gasteiger partial charge in [0.15, 0.2) is 0 Å². The van der Waals surface area contributed by atoms with Crippen LogP contribution in [-0.4, -0.2) is 53.7 Å². The standard InChI is InChI=1S/C18H29N3O/c1-14(2)20(3)12-15-10-19-11-16-13-21(7-4-18(15)16)17-5-8-22-9-6-17/h10-11,14,17H,4-9,12-13H2,1-3H3. The summed E-state index contributed by atoms with van der Waals surface area (Å²) in [4.78, 5) is 9.54. The van der Waals surface area contributed by atoms with Crippen LogP contribution >= 0.6 is 0 Å². The molecule has 0 aliphatic carbocycles. The molecular weight excluding hydrogens is 274 g/mol. The highest BCUT2D eigenvalue weighted by Gasteiger charge is 2.26. The van der Waals surface area contributed by atoms with Crippen LogP contribution in [0.3, 0.4) is 0 Å². The normalized spacial score (nSPS) is 20.6. The first-order chi connectivity index (χ1) is 10.6. The molecular formula is C18H29N3O. The molecule has 2 aliphatic heterocycles. The van der Waals surface area contributed by atoms with Gasteiger partial charge in [-0.05, 0) is 56.8 Å². The van der Waals surface area contributed by atoms with E-state index >= 15 is 0 Å². The molecule has 0 spiro atoms. The van der Waals surface area contributed by atoms with Gasteiger partial charge in [0, 0.05) is 57.3 Å². The molecule has 1 aromatic heterocycles. The van der Waals surface area contributed by atoms with Crippen LogP contribution in [0.25, 0.3) is 0 Å². The lowest BCUT2D eigenvalue weighted by molar-refractivity contribution is 0.0289. The van der Waals surface area contributed by atoms with E-state index in [-0.39, 0.29) is 0 Å². The molecule has 0 bridgehead atoms. The van der Waals surface area contributed by atoms with Gasteiger partial charge >= 0.3 is 0 Å². The molecule has 0 radical (unpaired) electrons. The van der Waals surface area contributed by atoms with Gasteiger partial charge in [-0.3, -0.25) is 14.8 Å². The fraction of sp³-hybridized carbons (Fsp3) is 0.722. The molecule has 22 heavy (non-hydrogen) atoms. The minimum atomic E-state index is 0.568. The fourth-order valence-electron chi connectivity index (χ4n) is 3.54.